The average molecular weight is 358 g/mol. The molecule has 1 aromatic heterocycles. The van der Waals surface area contributed by atoms with E-state index < -0.39 is 0 Å². The number of thiophene rings is 1. The number of carbonyl (C=O) groups is 1. The highest BCUT2D eigenvalue weighted by atomic mass is 32.1. The molecule has 0 atom stereocenters. The van der Waals surface area contributed by atoms with Gasteiger partial charge in [-0.1, -0.05) is 18.2 Å². The lowest BCUT2D eigenvalue weighted by atomic mass is 10.2. The van der Waals surface area contributed by atoms with Crippen molar-refractivity contribution in [2.75, 3.05) is 44.2 Å². The SMILES string of the molecule is Cc1cccc(N2CCN(CCCCNC(=O)c3cccs3)CC2)c1. The topological polar surface area (TPSA) is 35.6 Å². The van der Waals surface area contributed by atoms with Crippen molar-refractivity contribution in [1.29, 1.82) is 0 Å². The van der Waals surface area contributed by atoms with Gasteiger partial charge in [0.25, 0.3) is 5.91 Å². The van der Waals surface area contributed by atoms with Crippen LogP contribution in [0.3, 0.4) is 0 Å². The van der Waals surface area contributed by atoms with Crippen LogP contribution in [0, 0.1) is 6.92 Å². The van der Waals surface area contributed by atoms with Crippen LogP contribution in [0.4, 0.5) is 5.69 Å². The van der Waals surface area contributed by atoms with Gasteiger partial charge in [-0.05, 0) is 55.5 Å². The van der Waals surface area contributed by atoms with Gasteiger partial charge in [-0.25, -0.2) is 0 Å². The monoisotopic (exact) mass is 357 g/mol. The molecular formula is C20H27N3OS. The van der Waals surface area contributed by atoms with Gasteiger partial charge >= 0.3 is 0 Å². The first kappa shape index (κ1) is 18.0. The van der Waals surface area contributed by atoms with E-state index in [0.29, 0.717) is 0 Å². The van der Waals surface area contributed by atoms with Gasteiger partial charge in [-0.15, -0.1) is 11.3 Å². The Kier molecular flexibility index (Phi) is 6.48. The molecule has 134 valence electrons. The Morgan fingerprint density at radius 3 is 2.68 bits per heavy atom. The van der Waals surface area contributed by atoms with Crippen molar-refractivity contribution in [2.45, 2.75) is 19.8 Å². The quantitative estimate of drug-likeness (QED) is 0.772. The molecule has 3 rings (SSSR count). The van der Waals surface area contributed by atoms with Crippen LogP contribution in [0.25, 0.3) is 0 Å². The predicted octanol–water partition coefficient (Wildman–Crippen LogP) is 3.39. The van der Waals surface area contributed by atoms with Crippen LogP contribution < -0.4 is 10.2 Å². The Bertz CT molecular complexity index is 663. The Morgan fingerprint density at radius 1 is 1.12 bits per heavy atom. The number of amides is 1. The van der Waals surface area contributed by atoms with Gasteiger partial charge in [0.05, 0.1) is 4.88 Å². The van der Waals surface area contributed by atoms with E-state index in [0.717, 1.165) is 57.0 Å². The molecule has 1 amide bonds. The van der Waals surface area contributed by atoms with Crippen molar-refractivity contribution >= 4 is 22.9 Å². The molecule has 0 radical (unpaired) electrons. The molecular weight excluding hydrogens is 330 g/mol. The number of aryl methyl sites for hydroxylation is 1. The molecule has 2 aromatic rings. The zero-order chi connectivity index (χ0) is 17.5. The Hall–Kier alpha value is -1.85. The molecule has 4 nitrogen and oxygen atoms in total. The van der Waals surface area contributed by atoms with Gasteiger partial charge in [-0.2, -0.15) is 0 Å². The van der Waals surface area contributed by atoms with Gasteiger partial charge < -0.3 is 10.2 Å². The van der Waals surface area contributed by atoms with Crippen molar-refractivity contribution < 1.29 is 4.79 Å². The Morgan fingerprint density at radius 2 is 1.96 bits per heavy atom. The molecule has 1 fully saturated rings. The molecule has 0 aliphatic carbocycles. The lowest BCUT2D eigenvalue weighted by Gasteiger charge is -2.36. The average Bonchev–Trinajstić information content (AvgIpc) is 3.17. The van der Waals surface area contributed by atoms with E-state index in [4.69, 9.17) is 0 Å². The summed E-state index contributed by atoms with van der Waals surface area (Å²) in [6.07, 6.45) is 2.17. The van der Waals surface area contributed by atoms with Crippen molar-refractivity contribution in [3.05, 3.63) is 52.2 Å². The summed E-state index contributed by atoms with van der Waals surface area (Å²) >= 11 is 1.49. The number of rotatable bonds is 7. The van der Waals surface area contributed by atoms with E-state index in [9.17, 15) is 4.79 Å². The molecule has 1 saturated heterocycles. The van der Waals surface area contributed by atoms with E-state index in [1.165, 1.54) is 22.6 Å². The minimum atomic E-state index is 0.0572. The van der Waals surface area contributed by atoms with Crippen molar-refractivity contribution in [3.8, 4) is 0 Å². The molecule has 0 spiro atoms. The second-order valence-corrected chi connectivity index (χ2v) is 7.56. The van der Waals surface area contributed by atoms with E-state index in [2.05, 4.69) is 46.3 Å². The maximum Gasteiger partial charge on any atom is 0.261 e. The number of nitrogens with zero attached hydrogens (tertiary/aromatic N) is 2. The summed E-state index contributed by atoms with van der Waals surface area (Å²) in [5, 5.41) is 4.94. The summed E-state index contributed by atoms with van der Waals surface area (Å²) in [4.78, 5) is 17.7. The van der Waals surface area contributed by atoms with Gasteiger partial charge in [0, 0.05) is 38.4 Å². The van der Waals surface area contributed by atoms with Crippen LogP contribution in [0.5, 0.6) is 0 Å². The van der Waals surface area contributed by atoms with E-state index in [-0.39, 0.29) is 5.91 Å². The highest BCUT2D eigenvalue weighted by molar-refractivity contribution is 7.12. The first-order chi connectivity index (χ1) is 12.2. The largest absolute Gasteiger partial charge is 0.369 e. The minimum absolute atomic E-state index is 0.0572. The lowest BCUT2D eigenvalue weighted by Crippen LogP contribution is -2.46. The normalized spacial score (nSPS) is 15.3. The molecule has 2 heterocycles. The van der Waals surface area contributed by atoms with E-state index in [1.807, 2.05) is 17.5 Å². The van der Waals surface area contributed by atoms with Crippen molar-refractivity contribution in [1.82, 2.24) is 10.2 Å². The summed E-state index contributed by atoms with van der Waals surface area (Å²) in [5.41, 5.74) is 2.67. The molecule has 0 unspecified atom stereocenters. The minimum Gasteiger partial charge on any atom is -0.369 e. The fourth-order valence-corrected chi connectivity index (χ4v) is 3.85. The smallest absolute Gasteiger partial charge is 0.261 e. The van der Waals surface area contributed by atoms with E-state index >= 15 is 0 Å². The number of benzene rings is 1. The number of hydrogen-bond acceptors (Lipinski definition) is 4. The first-order valence-corrected chi connectivity index (χ1v) is 9.96. The molecule has 25 heavy (non-hydrogen) atoms. The number of carbonyl (C=O) groups excluding carboxylic acids is 1. The van der Waals surface area contributed by atoms with E-state index in [1.54, 1.807) is 0 Å². The standard InChI is InChI=1S/C20H27N3OS/c1-17-6-4-7-18(16-17)23-13-11-22(12-14-23)10-3-2-9-21-20(24)19-8-5-15-25-19/h4-8,15-16H,2-3,9-14H2,1H3,(H,21,24). The maximum absolute atomic E-state index is 11.8. The van der Waals surface area contributed by atoms with Crippen LogP contribution >= 0.6 is 11.3 Å². The van der Waals surface area contributed by atoms with Crippen molar-refractivity contribution in [2.24, 2.45) is 0 Å². The third-order valence-corrected chi connectivity index (χ3v) is 5.54. The second-order valence-electron chi connectivity index (χ2n) is 6.61. The highest BCUT2D eigenvalue weighted by Crippen LogP contribution is 2.17. The van der Waals surface area contributed by atoms with Gasteiger partial charge in [0.2, 0.25) is 0 Å². The van der Waals surface area contributed by atoms with Gasteiger partial charge in [0.15, 0.2) is 0 Å². The summed E-state index contributed by atoms with van der Waals surface area (Å²) in [5.74, 6) is 0.0572. The predicted molar refractivity (Wildman–Crippen MR) is 106 cm³/mol. The Balaban J connectivity index is 1.30. The molecule has 1 N–H and O–H groups in total. The number of anilines is 1. The Labute approximate surface area is 154 Å². The fraction of sp³-hybridized carbons (Fsp3) is 0.450. The van der Waals surface area contributed by atoms with Gasteiger partial charge in [0.1, 0.15) is 0 Å². The van der Waals surface area contributed by atoms with Gasteiger partial charge in [-0.3, -0.25) is 9.69 Å². The fourth-order valence-electron chi connectivity index (χ4n) is 3.21. The molecule has 1 aromatic carbocycles. The molecule has 5 heteroatoms. The molecule has 0 bridgehead atoms. The number of hydrogen-bond donors (Lipinski definition) is 1. The summed E-state index contributed by atoms with van der Waals surface area (Å²) in [7, 11) is 0. The first-order valence-electron chi connectivity index (χ1n) is 9.08. The van der Waals surface area contributed by atoms with Crippen molar-refractivity contribution in [3.63, 3.8) is 0 Å². The lowest BCUT2D eigenvalue weighted by molar-refractivity contribution is 0.0956. The van der Waals surface area contributed by atoms with Crippen LogP contribution in [0.2, 0.25) is 0 Å². The van der Waals surface area contributed by atoms with Crippen LogP contribution in [-0.4, -0.2) is 50.1 Å². The zero-order valence-corrected chi connectivity index (χ0v) is 15.7. The third-order valence-electron chi connectivity index (χ3n) is 4.67. The summed E-state index contributed by atoms with van der Waals surface area (Å²) in [6.45, 7) is 8.47. The molecule has 1 aliphatic heterocycles. The number of piperazine rings is 1. The highest BCUT2D eigenvalue weighted by Gasteiger charge is 2.16. The molecule has 1 aliphatic rings. The van der Waals surface area contributed by atoms with Crippen LogP contribution in [0.15, 0.2) is 41.8 Å². The zero-order valence-electron chi connectivity index (χ0n) is 14.9. The van der Waals surface area contributed by atoms with Crippen LogP contribution in [-0.2, 0) is 0 Å². The third kappa shape index (κ3) is 5.31. The summed E-state index contributed by atoms with van der Waals surface area (Å²) < 4.78 is 0. The summed E-state index contributed by atoms with van der Waals surface area (Å²) in [6, 6.07) is 12.5. The maximum atomic E-state index is 11.8. The molecule has 0 saturated carbocycles. The second kappa shape index (κ2) is 9.02. The number of nitrogens with one attached hydrogen (secondary N) is 1. The number of unbranched alkanes of at least 4 members (excludes halogenated alkanes) is 1. The van der Waals surface area contributed by atoms with Crippen LogP contribution in [0.1, 0.15) is 28.1 Å².